The van der Waals surface area contributed by atoms with Gasteiger partial charge in [-0.2, -0.15) is 5.10 Å². The van der Waals surface area contributed by atoms with Crippen LogP contribution in [0.25, 0.3) is 0 Å². The van der Waals surface area contributed by atoms with Gasteiger partial charge in [0.15, 0.2) is 5.11 Å². The van der Waals surface area contributed by atoms with Gasteiger partial charge in [-0.25, -0.2) is 0 Å². The average molecular weight is 199 g/mol. The Morgan fingerprint density at radius 3 is 3.00 bits per heavy atom. The molecule has 1 unspecified atom stereocenters. The summed E-state index contributed by atoms with van der Waals surface area (Å²) in [6, 6.07) is 0. The third-order valence-electron chi connectivity index (χ3n) is 2.14. The smallest absolute Gasteiger partial charge is 0.184 e. The van der Waals surface area contributed by atoms with Crippen LogP contribution < -0.4 is 11.2 Å². The third-order valence-corrected chi connectivity index (χ3v) is 2.23. The number of hydrazone groups is 1. The summed E-state index contributed by atoms with van der Waals surface area (Å²) in [5.41, 5.74) is 8.61. The molecule has 1 aliphatic rings. The van der Waals surface area contributed by atoms with E-state index in [-0.39, 0.29) is 16.8 Å². The maximum Gasteiger partial charge on any atom is 0.184 e. The molecule has 3 N–H and O–H groups in total. The van der Waals surface area contributed by atoms with Crippen LogP contribution in [0.15, 0.2) is 5.10 Å². The van der Waals surface area contributed by atoms with E-state index >= 15 is 0 Å². The Bertz CT molecular complexity index is 262. The van der Waals surface area contributed by atoms with Gasteiger partial charge in [-0.15, -0.1) is 0 Å². The number of carbonyl (C=O) groups excluding carboxylic acids is 1. The molecule has 4 nitrogen and oxygen atoms in total. The van der Waals surface area contributed by atoms with E-state index in [1.165, 1.54) is 0 Å². The molecular formula is C8H13N3OS. The molecule has 0 aromatic carbocycles. The Kier molecular flexibility index (Phi) is 3.36. The molecule has 1 aliphatic carbocycles. The van der Waals surface area contributed by atoms with Gasteiger partial charge in [-0.05, 0) is 25.1 Å². The molecule has 1 rings (SSSR count). The van der Waals surface area contributed by atoms with Crippen molar-refractivity contribution in [1.82, 2.24) is 5.43 Å². The van der Waals surface area contributed by atoms with E-state index in [9.17, 15) is 4.79 Å². The standard InChI is InChI=1S/C8H13N3OS/c1-2-5-6(3-4-7(5)12)10-11-8(9)13/h5H,2-4H2,1H3,(H3,9,11,13)/b10-6+. The number of nitrogens with zero attached hydrogens (tertiary/aromatic N) is 1. The minimum Gasteiger partial charge on any atom is -0.375 e. The first-order valence-electron chi connectivity index (χ1n) is 4.29. The fourth-order valence-electron chi connectivity index (χ4n) is 1.51. The first-order valence-corrected chi connectivity index (χ1v) is 4.70. The molecule has 1 atom stereocenters. The molecule has 0 heterocycles. The molecule has 0 saturated heterocycles. The van der Waals surface area contributed by atoms with Crippen molar-refractivity contribution < 1.29 is 4.79 Å². The zero-order valence-electron chi connectivity index (χ0n) is 7.54. The summed E-state index contributed by atoms with van der Waals surface area (Å²) in [6.07, 6.45) is 2.12. The van der Waals surface area contributed by atoms with Crippen LogP contribution >= 0.6 is 12.2 Å². The highest BCUT2D eigenvalue weighted by Crippen LogP contribution is 2.21. The lowest BCUT2D eigenvalue weighted by atomic mass is 10.0. The zero-order chi connectivity index (χ0) is 9.84. The third kappa shape index (κ3) is 2.48. The average Bonchev–Trinajstić information content (AvgIpc) is 2.42. The molecule has 0 bridgehead atoms. The quantitative estimate of drug-likeness (QED) is 0.504. The molecule has 13 heavy (non-hydrogen) atoms. The van der Waals surface area contributed by atoms with Crippen LogP contribution in [0, 0.1) is 5.92 Å². The second-order valence-corrected chi connectivity index (χ2v) is 3.45. The monoisotopic (exact) mass is 199 g/mol. The summed E-state index contributed by atoms with van der Waals surface area (Å²) in [5.74, 6) is 0.243. The number of nitrogens with two attached hydrogens (primary N) is 1. The van der Waals surface area contributed by atoms with E-state index in [4.69, 9.17) is 5.73 Å². The minimum atomic E-state index is -0.0261. The van der Waals surface area contributed by atoms with Crippen LogP contribution in [-0.4, -0.2) is 16.6 Å². The van der Waals surface area contributed by atoms with Crippen molar-refractivity contribution in [3.05, 3.63) is 0 Å². The van der Waals surface area contributed by atoms with Crippen molar-refractivity contribution in [2.24, 2.45) is 16.8 Å². The number of rotatable bonds is 2. The van der Waals surface area contributed by atoms with E-state index in [0.29, 0.717) is 6.42 Å². The van der Waals surface area contributed by atoms with E-state index in [0.717, 1.165) is 18.6 Å². The number of thiocarbonyl (C=S) groups is 1. The molecule has 0 amide bonds. The van der Waals surface area contributed by atoms with Crippen LogP contribution in [0.1, 0.15) is 26.2 Å². The van der Waals surface area contributed by atoms with Gasteiger partial charge in [-0.3, -0.25) is 10.2 Å². The summed E-state index contributed by atoms with van der Waals surface area (Å²) in [7, 11) is 0. The zero-order valence-corrected chi connectivity index (χ0v) is 8.36. The van der Waals surface area contributed by atoms with Gasteiger partial charge in [-0.1, -0.05) is 6.92 Å². The van der Waals surface area contributed by atoms with Crippen LogP contribution in [0.3, 0.4) is 0 Å². The summed E-state index contributed by atoms with van der Waals surface area (Å²) < 4.78 is 0. The second kappa shape index (κ2) is 4.32. The van der Waals surface area contributed by atoms with E-state index in [1.807, 2.05) is 6.92 Å². The van der Waals surface area contributed by atoms with Gasteiger partial charge < -0.3 is 5.73 Å². The molecule has 0 radical (unpaired) electrons. The summed E-state index contributed by atoms with van der Waals surface area (Å²) in [4.78, 5) is 11.3. The van der Waals surface area contributed by atoms with Crippen molar-refractivity contribution in [2.75, 3.05) is 0 Å². The van der Waals surface area contributed by atoms with Gasteiger partial charge in [0.1, 0.15) is 5.78 Å². The predicted octanol–water partition coefficient (Wildman–Crippen LogP) is 0.565. The molecule has 0 spiro atoms. The molecule has 0 aromatic rings. The number of Topliss-reactive ketones (excluding diaryl/α,β-unsaturated/α-hetero) is 1. The van der Waals surface area contributed by atoms with Gasteiger partial charge in [0.25, 0.3) is 0 Å². The maximum atomic E-state index is 11.3. The SMILES string of the molecule is CCC1C(=O)CC/C1=N\NC(N)=S. The van der Waals surface area contributed by atoms with Crippen molar-refractivity contribution in [1.29, 1.82) is 0 Å². The van der Waals surface area contributed by atoms with Gasteiger partial charge in [0.2, 0.25) is 0 Å². The fraction of sp³-hybridized carbons (Fsp3) is 0.625. The highest BCUT2D eigenvalue weighted by molar-refractivity contribution is 7.80. The van der Waals surface area contributed by atoms with Crippen molar-refractivity contribution in [3.63, 3.8) is 0 Å². The Morgan fingerprint density at radius 2 is 2.46 bits per heavy atom. The Hall–Kier alpha value is -0.970. The predicted molar refractivity (Wildman–Crippen MR) is 55.4 cm³/mol. The van der Waals surface area contributed by atoms with Crippen molar-refractivity contribution in [2.45, 2.75) is 26.2 Å². The Morgan fingerprint density at radius 1 is 1.77 bits per heavy atom. The molecule has 72 valence electrons. The van der Waals surface area contributed by atoms with Crippen LogP contribution in [-0.2, 0) is 4.79 Å². The fourth-order valence-corrected chi connectivity index (χ4v) is 1.56. The summed E-state index contributed by atoms with van der Waals surface area (Å²) >= 11 is 4.61. The first kappa shape index (κ1) is 10.1. The van der Waals surface area contributed by atoms with E-state index < -0.39 is 0 Å². The highest BCUT2D eigenvalue weighted by atomic mass is 32.1. The van der Waals surface area contributed by atoms with Gasteiger partial charge in [0.05, 0.1) is 5.92 Å². The summed E-state index contributed by atoms with van der Waals surface area (Å²) in [5, 5.41) is 4.15. The number of hydrogen-bond donors (Lipinski definition) is 2. The van der Waals surface area contributed by atoms with E-state index in [1.54, 1.807) is 0 Å². The number of ketones is 1. The molecule has 1 saturated carbocycles. The van der Waals surface area contributed by atoms with Gasteiger partial charge in [0, 0.05) is 12.1 Å². The number of hydrogen-bond acceptors (Lipinski definition) is 3. The highest BCUT2D eigenvalue weighted by Gasteiger charge is 2.29. The van der Waals surface area contributed by atoms with Crippen LogP contribution in [0.2, 0.25) is 0 Å². The molecule has 5 heteroatoms. The summed E-state index contributed by atoms with van der Waals surface area (Å²) in [6.45, 7) is 1.98. The van der Waals surface area contributed by atoms with E-state index in [2.05, 4.69) is 22.7 Å². The first-order chi connectivity index (χ1) is 6.15. The Labute approximate surface area is 82.6 Å². The lowest BCUT2D eigenvalue weighted by molar-refractivity contribution is -0.119. The van der Waals surface area contributed by atoms with Crippen molar-refractivity contribution >= 4 is 28.8 Å². The van der Waals surface area contributed by atoms with Crippen molar-refractivity contribution in [3.8, 4) is 0 Å². The molecule has 0 aliphatic heterocycles. The molecule has 0 aromatic heterocycles. The lowest BCUT2D eigenvalue weighted by Gasteiger charge is -2.05. The van der Waals surface area contributed by atoms with Gasteiger partial charge >= 0.3 is 0 Å². The molecular weight excluding hydrogens is 186 g/mol. The topological polar surface area (TPSA) is 67.5 Å². The molecule has 1 fully saturated rings. The maximum absolute atomic E-state index is 11.3. The largest absolute Gasteiger partial charge is 0.375 e. The van der Waals surface area contributed by atoms with Crippen LogP contribution in [0.5, 0.6) is 0 Å². The minimum absolute atomic E-state index is 0.0261. The number of carbonyl (C=O) groups is 1. The second-order valence-electron chi connectivity index (χ2n) is 3.01. The Balaban J connectivity index is 2.64. The number of nitrogens with one attached hydrogen (secondary N) is 1. The van der Waals surface area contributed by atoms with Crippen LogP contribution in [0.4, 0.5) is 0 Å². The normalized spacial score (nSPS) is 25.2. The lowest BCUT2D eigenvalue weighted by Crippen LogP contribution is -2.26.